The minimum Gasteiger partial charge on any atom is -0.508 e. The molecule has 0 amide bonds. The average Bonchev–Trinajstić information content (AvgIpc) is 2.37. The third-order valence-corrected chi connectivity index (χ3v) is 3.55. The smallest absolute Gasteiger partial charge is 0.139 e. The van der Waals surface area contributed by atoms with Crippen molar-refractivity contribution >= 4 is 13.9 Å². The van der Waals surface area contributed by atoms with E-state index in [0.29, 0.717) is 5.82 Å². The molecule has 102 valence electrons. The molecule has 0 saturated heterocycles. The Labute approximate surface area is 120 Å². The van der Waals surface area contributed by atoms with Crippen molar-refractivity contribution in [2.45, 2.75) is 19.6 Å². The Morgan fingerprint density at radius 1 is 1.15 bits per heavy atom. The second-order valence-electron chi connectivity index (χ2n) is 5.71. The molecule has 0 saturated carbocycles. The average molecular weight is 282 g/mol. The number of phenolic OH excluding ortho intramolecular Hbond substituents is 1. The van der Waals surface area contributed by atoms with Crippen LogP contribution < -0.4 is 5.73 Å². The first-order chi connectivity index (χ1) is 9.35. The first kappa shape index (κ1) is 14.2. The summed E-state index contributed by atoms with van der Waals surface area (Å²) in [6.07, 6.45) is 1.70. The van der Waals surface area contributed by atoms with Crippen LogP contribution in [-0.4, -0.2) is 18.2 Å². The molecule has 1 aromatic heterocycles. The van der Waals surface area contributed by atoms with Gasteiger partial charge in [0.2, 0.25) is 0 Å². The van der Waals surface area contributed by atoms with E-state index in [-0.39, 0.29) is 5.75 Å². The Hall–Kier alpha value is -2.25. The maximum atomic E-state index is 9.54. The number of anilines is 1. The summed E-state index contributed by atoms with van der Waals surface area (Å²) in [4.78, 5) is 4.19. The van der Waals surface area contributed by atoms with Crippen LogP contribution in [0.3, 0.4) is 0 Å². The van der Waals surface area contributed by atoms with Crippen molar-refractivity contribution in [3.05, 3.63) is 42.1 Å². The number of benzene rings is 1. The first-order valence-electron chi connectivity index (χ1n) is 6.43. The number of pyridine rings is 1. The minimum absolute atomic E-state index is 0.231. The fourth-order valence-corrected chi connectivity index (χ4v) is 2.18. The number of nitrogens with two attached hydrogens (primary N) is 1. The third kappa shape index (κ3) is 3.62. The molecule has 0 fully saturated rings. The monoisotopic (exact) mass is 282 g/mol. The van der Waals surface area contributed by atoms with Gasteiger partial charge in [0.15, 0.2) is 0 Å². The van der Waals surface area contributed by atoms with Crippen molar-refractivity contribution in [2.24, 2.45) is 0 Å². The van der Waals surface area contributed by atoms with E-state index in [1.165, 1.54) is 0 Å². The van der Waals surface area contributed by atoms with Crippen LogP contribution in [0.4, 0.5) is 5.82 Å². The van der Waals surface area contributed by atoms with Gasteiger partial charge in [-0.3, -0.25) is 0 Å². The summed E-state index contributed by atoms with van der Waals surface area (Å²) in [6.45, 7) is 6.55. The van der Waals surface area contributed by atoms with Gasteiger partial charge in [-0.25, -0.2) is 4.98 Å². The van der Waals surface area contributed by atoms with Crippen molar-refractivity contribution in [3.63, 3.8) is 0 Å². The van der Waals surface area contributed by atoms with E-state index in [1.807, 2.05) is 12.1 Å². The molecule has 2 aromatic rings. The van der Waals surface area contributed by atoms with Crippen LogP contribution in [0.2, 0.25) is 19.6 Å². The van der Waals surface area contributed by atoms with Gasteiger partial charge in [-0.15, -0.1) is 5.54 Å². The highest BCUT2D eigenvalue weighted by Gasteiger charge is 2.09. The molecule has 0 aliphatic carbocycles. The molecular weight excluding hydrogens is 264 g/mol. The first-order valence-corrected chi connectivity index (χ1v) is 9.93. The maximum Gasteiger partial charge on any atom is 0.139 e. The molecule has 1 aromatic carbocycles. The number of nitrogen functional groups attached to an aromatic ring is 1. The van der Waals surface area contributed by atoms with Gasteiger partial charge in [-0.1, -0.05) is 37.7 Å². The number of nitrogens with zero attached hydrogens (tertiary/aromatic N) is 1. The lowest BCUT2D eigenvalue weighted by molar-refractivity contribution is 0.475. The highest BCUT2D eigenvalue weighted by molar-refractivity contribution is 6.83. The van der Waals surface area contributed by atoms with Gasteiger partial charge in [0, 0.05) is 11.8 Å². The second-order valence-corrected chi connectivity index (χ2v) is 10.5. The quantitative estimate of drug-likeness (QED) is 0.623. The van der Waals surface area contributed by atoms with Crippen LogP contribution in [0.1, 0.15) is 5.56 Å². The predicted octanol–water partition coefficient (Wildman–Crippen LogP) is 3.27. The predicted molar refractivity (Wildman–Crippen MR) is 86.0 cm³/mol. The van der Waals surface area contributed by atoms with Crippen molar-refractivity contribution in [1.82, 2.24) is 4.98 Å². The molecule has 1 heterocycles. The van der Waals surface area contributed by atoms with Gasteiger partial charge >= 0.3 is 0 Å². The molecule has 2 rings (SSSR count). The highest BCUT2D eigenvalue weighted by Crippen LogP contribution is 2.24. The number of phenols is 1. The fourth-order valence-electron chi connectivity index (χ4n) is 1.67. The lowest BCUT2D eigenvalue weighted by atomic mass is 10.1. The van der Waals surface area contributed by atoms with Crippen molar-refractivity contribution in [1.29, 1.82) is 0 Å². The molecule has 20 heavy (non-hydrogen) atoms. The summed E-state index contributed by atoms with van der Waals surface area (Å²) < 4.78 is 0. The van der Waals surface area contributed by atoms with Gasteiger partial charge in [-0.05, 0) is 23.8 Å². The van der Waals surface area contributed by atoms with Crippen LogP contribution >= 0.6 is 0 Å². The summed E-state index contributed by atoms with van der Waals surface area (Å²) in [7, 11) is -1.45. The Morgan fingerprint density at radius 2 is 1.90 bits per heavy atom. The normalized spacial score (nSPS) is 10.8. The minimum atomic E-state index is -1.45. The zero-order valence-electron chi connectivity index (χ0n) is 11.9. The van der Waals surface area contributed by atoms with Crippen molar-refractivity contribution in [3.8, 4) is 28.3 Å². The number of aromatic nitrogens is 1. The van der Waals surface area contributed by atoms with E-state index in [0.717, 1.165) is 16.7 Å². The number of aromatic hydroxyl groups is 1. The molecule has 0 aliphatic rings. The number of hydrogen-bond acceptors (Lipinski definition) is 3. The van der Waals surface area contributed by atoms with Gasteiger partial charge in [0.25, 0.3) is 0 Å². The molecule has 0 bridgehead atoms. The van der Waals surface area contributed by atoms with E-state index in [9.17, 15) is 5.11 Å². The number of hydrogen-bond donors (Lipinski definition) is 2. The molecule has 4 heteroatoms. The molecule has 0 radical (unpaired) electrons. The lowest BCUT2D eigenvalue weighted by Gasteiger charge is -2.06. The molecular formula is C16H18N2OSi. The van der Waals surface area contributed by atoms with Gasteiger partial charge in [-0.2, -0.15) is 0 Å². The fraction of sp³-hybridized carbons (Fsp3) is 0.188. The Morgan fingerprint density at radius 3 is 2.55 bits per heavy atom. The van der Waals surface area contributed by atoms with Gasteiger partial charge in [0.05, 0.1) is 5.56 Å². The summed E-state index contributed by atoms with van der Waals surface area (Å²) >= 11 is 0. The lowest BCUT2D eigenvalue weighted by Crippen LogP contribution is -2.16. The zero-order valence-corrected chi connectivity index (χ0v) is 12.9. The molecule has 3 nitrogen and oxygen atoms in total. The van der Waals surface area contributed by atoms with E-state index in [2.05, 4.69) is 36.1 Å². The van der Waals surface area contributed by atoms with Crippen molar-refractivity contribution < 1.29 is 5.11 Å². The summed E-state index contributed by atoms with van der Waals surface area (Å²) in [5.41, 5.74) is 11.7. The second kappa shape index (κ2) is 5.39. The number of rotatable bonds is 1. The highest BCUT2D eigenvalue weighted by atomic mass is 28.3. The third-order valence-electron chi connectivity index (χ3n) is 2.67. The zero-order chi connectivity index (χ0) is 14.8. The van der Waals surface area contributed by atoms with Crippen LogP contribution in [0.5, 0.6) is 5.75 Å². The van der Waals surface area contributed by atoms with Crippen molar-refractivity contribution in [2.75, 3.05) is 5.73 Å². The summed E-state index contributed by atoms with van der Waals surface area (Å²) in [5, 5.41) is 9.54. The van der Waals surface area contributed by atoms with Gasteiger partial charge < -0.3 is 10.8 Å². The summed E-state index contributed by atoms with van der Waals surface area (Å²) in [5.74, 6) is 3.81. The summed E-state index contributed by atoms with van der Waals surface area (Å²) in [6, 6.07) is 8.98. The maximum absolute atomic E-state index is 9.54. The topological polar surface area (TPSA) is 59.1 Å². The standard InChI is InChI=1S/C16H18N2OSi/c1-20(2,3)8-7-13-9-14(11-18-16(13)17)12-5-4-6-15(19)10-12/h4-6,9-11,19H,1-3H3,(H2,17,18). The van der Waals surface area contributed by atoms with Gasteiger partial charge in [0.1, 0.15) is 19.6 Å². The van der Waals surface area contributed by atoms with Crippen LogP contribution in [-0.2, 0) is 0 Å². The van der Waals surface area contributed by atoms with E-state index < -0.39 is 8.07 Å². The molecule has 3 N–H and O–H groups in total. The van der Waals surface area contributed by atoms with Crippen LogP contribution in [0.15, 0.2) is 36.5 Å². The molecule has 0 atom stereocenters. The van der Waals surface area contributed by atoms with E-state index in [4.69, 9.17) is 5.73 Å². The Bertz CT molecular complexity index is 694. The van der Waals surface area contributed by atoms with Crippen LogP contribution in [0.25, 0.3) is 11.1 Å². The molecule has 0 unspecified atom stereocenters. The van der Waals surface area contributed by atoms with E-state index in [1.54, 1.807) is 24.4 Å². The SMILES string of the molecule is C[Si](C)(C)C#Cc1cc(-c2cccc(O)c2)cnc1N. The largest absolute Gasteiger partial charge is 0.508 e. The van der Waals surface area contributed by atoms with E-state index >= 15 is 0 Å². The Balaban J connectivity index is 2.45. The molecule has 0 spiro atoms. The molecule has 0 aliphatic heterocycles. The Kier molecular flexibility index (Phi) is 3.82. The van der Waals surface area contributed by atoms with Crippen LogP contribution in [0, 0.1) is 11.5 Å².